The summed E-state index contributed by atoms with van der Waals surface area (Å²) >= 11 is 0. The number of hydrogen-bond donors (Lipinski definition) is 3. The zero-order chi connectivity index (χ0) is 14.5. The first-order valence-electron chi connectivity index (χ1n) is 6.74. The number of urea groups is 1. The van der Waals surface area contributed by atoms with Crippen LogP contribution in [-0.4, -0.2) is 36.5 Å². The molecular weight excluding hydrogens is 256 g/mol. The number of nitrogens with two attached hydrogens (primary N) is 1. The third kappa shape index (κ3) is 3.71. The van der Waals surface area contributed by atoms with E-state index in [-0.39, 0.29) is 18.0 Å². The van der Waals surface area contributed by atoms with Crippen LogP contribution >= 0.6 is 0 Å². The number of rotatable bonds is 2. The second-order valence-electron chi connectivity index (χ2n) is 4.93. The average molecular weight is 276 g/mol. The normalized spacial score (nSPS) is 17.1. The summed E-state index contributed by atoms with van der Waals surface area (Å²) < 4.78 is 0. The Morgan fingerprint density at radius 1 is 1.35 bits per heavy atom. The van der Waals surface area contributed by atoms with Crippen molar-refractivity contribution < 1.29 is 9.59 Å². The quantitative estimate of drug-likeness (QED) is 0.754. The van der Waals surface area contributed by atoms with Gasteiger partial charge in [-0.2, -0.15) is 0 Å². The summed E-state index contributed by atoms with van der Waals surface area (Å²) in [4.78, 5) is 25.0. The largest absolute Gasteiger partial charge is 0.354 e. The minimum atomic E-state index is -0.185. The first-order valence-corrected chi connectivity index (χ1v) is 6.74. The lowest BCUT2D eigenvalue weighted by Gasteiger charge is -2.20. The van der Waals surface area contributed by atoms with Crippen LogP contribution in [0.2, 0.25) is 0 Å². The Kier molecular flexibility index (Phi) is 4.57. The molecule has 0 aromatic heterocycles. The fraction of sp³-hybridized carbons (Fsp3) is 0.429. The lowest BCUT2D eigenvalue weighted by atomic mass is 10.1. The number of nitrogens with one attached hydrogen (secondary N) is 2. The van der Waals surface area contributed by atoms with Gasteiger partial charge in [-0.15, -0.1) is 0 Å². The third-order valence-electron chi connectivity index (χ3n) is 3.29. The smallest absolute Gasteiger partial charge is 0.321 e. The van der Waals surface area contributed by atoms with Crippen LogP contribution < -0.4 is 16.4 Å². The van der Waals surface area contributed by atoms with E-state index in [1.165, 1.54) is 0 Å². The molecule has 0 bridgehead atoms. The number of benzene rings is 1. The van der Waals surface area contributed by atoms with E-state index in [9.17, 15) is 9.59 Å². The van der Waals surface area contributed by atoms with Crippen LogP contribution in [0.5, 0.6) is 0 Å². The maximum Gasteiger partial charge on any atom is 0.321 e. The molecule has 1 aromatic carbocycles. The highest BCUT2D eigenvalue weighted by Gasteiger charge is 2.18. The molecule has 1 aliphatic heterocycles. The maximum atomic E-state index is 12.1. The van der Waals surface area contributed by atoms with Crippen molar-refractivity contribution in [1.82, 2.24) is 10.2 Å². The molecule has 108 valence electrons. The Morgan fingerprint density at radius 3 is 2.70 bits per heavy atom. The number of nitrogens with zero attached hydrogens (tertiary/aromatic N) is 1. The molecule has 0 aliphatic carbocycles. The highest BCUT2D eigenvalue weighted by molar-refractivity contribution is 5.90. The second-order valence-corrected chi connectivity index (χ2v) is 4.93. The van der Waals surface area contributed by atoms with Gasteiger partial charge in [0.25, 0.3) is 0 Å². The van der Waals surface area contributed by atoms with Crippen LogP contribution in [0.15, 0.2) is 24.3 Å². The van der Waals surface area contributed by atoms with Crippen molar-refractivity contribution in [3.63, 3.8) is 0 Å². The van der Waals surface area contributed by atoms with Gasteiger partial charge in [0.05, 0.1) is 0 Å². The standard InChI is InChI=1S/C14H20N4O2/c1-10(15)11-2-4-12(5-3-11)17-14(20)18-8-6-13(19)16-7-9-18/h2-5,10H,6-9,15H2,1H3,(H,16,19)(H,17,20). The summed E-state index contributed by atoms with van der Waals surface area (Å²) in [5, 5.41) is 5.57. The van der Waals surface area contributed by atoms with Crippen LogP contribution in [0.3, 0.4) is 0 Å². The summed E-state index contributed by atoms with van der Waals surface area (Å²) in [7, 11) is 0. The lowest BCUT2D eigenvalue weighted by Crippen LogP contribution is -2.37. The van der Waals surface area contributed by atoms with Crippen LogP contribution in [0, 0.1) is 0 Å². The first kappa shape index (κ1) is 14.3. The van der Waals surface area contributed by atoms with Crippen LogP contribution in [0.25, 0.3) is 0 Å². The predicted molar refractivity (Wildman–Crippen MR) is 77.3 cm³/mol. The minimum Gasteiger partial charge on any atom is -0.354 e. The summed E-state index contributed by atoms with van der Waals surface area (Å²) in [5.74, 6) is -0.0124. The van der Waals surface area contributed by atoms with E-state index in [1.807, 2.05) is 31.2 Å². The number of anilines is 1. The minimum absolute atomic E-state index is 0.0124. The third-order valence-corrected chi connectivity index (χ3v) is 3.29. The van der Waals surface area contributed by atoms with Crippen LogP contribution in [0.1, 0.15) is 24.9 Å². The topological polar surface area (TPSA) is 87.5 Å². The predicted octanol–water partition coefficient (Wildman–Crippen LogP) is 1.06. The van der Waals surface area contributed by atoms with Crippen LogP contribution in [0.4, 0.5) is 10.5 Å². The molecular formula is C14H20N4O2. The second kappa shape index (κ2) is 6.38. The number of carbonyl (C=O) groups is 2. The van der Waals surface area contributed by atoms with Crippen molar-refractivity contribution in [2.75, 3.05) is 25.0 Å². The van der Waals surface area contributed by atoms with Crippen LogP contribution in [-0.2, 0) is 4.79 Å². The molecule has 1 atom stereocenters. The summed E-state index contributed by atoms with van der Waals surface area (Å²) in [5.41, 5.74) is 7.52. The average Bonchev–Trinajstić information content (AvgIpc) is 2.64. The molecule has 1 fully saturated rings. The van der Waals surface area contributed by atoms with E-state index in [4.69, 9.17) is 5.73 Å². The van der Waals surface area contributed by atoms with Gasteiger partial charge in [0.1, 0.15) is 0 Å². The highest BCUT2D eigenvalue weighted by Crippen LogP contribution is 2.14. The number of hydrogen-bond acceptors (Lipinski definition) is 3. The molecule has 0 spiro atoms. The molecule has 1 saturated heterocycles. The highest BCUT2D eigenvalue weighted by atomic mass is 16.2. The monoisotopic (exact) mass is 276 g/mol. The SMILES string of the molecule is CC(N)c1ccc(NC(=O)N2CCNC(=O)CC2)cc1. The molecule has 1 unspecified atom stereocenters. The Balaban J connectivity index is 1.95. The van der Waals surface area contributed by atoms with Crippen molar-refractivity contribution in [3.05, 3.63) is 29.8 Å². The van der Waals surface area contributed by atoms with E-state index in [0.717, 1.165) is 11.3 Å². The molecule has 2 rings (SSSR count). The summed E-state index contributed by atoms with van der Waals surface area (Å²) in [6, 6.07) is 7.24. The Morgan fingerprint density at radius 2 is 2.05 bits per heavy atom. The Labute approximate surface area is 118 Å². The zero-order valence-electron chi connectivity index (χ0n) is 11.6. The molecule has 0 radical (unpaired) electrons. The maximum absolute atomic E-state index is 12.1. The molecule has 1 heterocycles. The van der Waals surface area contributed by atoms with Gasteiger partial charge in [-0.05, 0) is 24.6 Å². The first-order chi connectivity index (χ1) is 9.56. The van der Waals surface area contributed by atoms with Gasteiger partial charge in [0.15, 0.2) is 0 Å². The fourth-order valence-electron chi connectivity index (χ4n) is 2.04. The van der Waals surface area contributed by atoms with E-state index in [2.05, 4.69) is 10.6 Å². The van der Waals surface area contributed by atoms with Crippen molar-refractivity contribution in [2.45, 2.75) is 19.4 Å². The van der Waals surface area contributed by atoms with Crippen molar-refractivity contribution >= 4 is 17.6 Å². The van der Waals surface area contributed by atoms with Gasteiger partial charge in [-0.25, -0.2) is 4.79 Å². The van der Waals surface area contributed by atoms with Gasteiger partial charge < -0.3 is 21.3 Å². The lowest BCUT2D eigenvalue weighted by molar-refractivity contribution is -0.120. The molecule has 6 heteroatoms. The Hall–Kier alpha value is -2.08. The number of amides is 3. The van der Waals surface area contributed by atoms with Crippen molar-refractivity contribution in [3.8, 4) is 0 Å². The van der Waals surface area contributed by atoms with Gasteiger partial charge in [-0.1, -0.05) is 12.1 Å². The van der Waals surface area contributed by atoms with Gasteiger partial charge in [-0.3, -0.25) is 4.79 Å². The van der Waals surface area contributed by atoms with Gasteiger partial charge in [0, 0.05) is 37.8 Å². The van der Waals surface area contributed by atoms with E-state index in [1.54, 1.807) is 4.90 Å². The van der Waals surface area contributed by atoms with Gasteiger partial charge >= 0.3 is 6.03 Å². The summed E-state index contributed by atoms with van der Waals surface area (Å²) in [6.07, 6.45) is 0.344. The summed E-state index contributed by atoms with van der Waals surface area (Å²) in [6.45, 7) is 3.37. The molecule has 1 aromatic rings. The van der Waals surface area contributed by atoms with E-state index < -0.39 is 0 Å². The number of carbonyl (C=O) groups excluding carboxylic acids is 2. The molecule has 1 aliphatic rings. The van der Waals surface area contributed by atoms with Crippen molar-refractivity contribution in [2.24, 2.45) is 5.73 Å². The zero-order valence-corrected chi connectivity index (χ0v) is 11.6. The molecule has 4 N–H and O–H groups in total. The van der Waals surface area contributed by atoms with Crippen molar-refractivity contribution in [1.29, 1.82) is 0 Å². The fourth-order valence-corrected chi connectivity index (χ4v) is 2.04. The molecule has 0 saturated carbocycles. The molecule has 3 amide bonds. The molecule has 20 heavy (non-hydrogen) atoms. The van der Waals surface area contributed by atoms with E-state index in [0.29, 0.717) is 26.1 Å². The van der Waals surface area contributed by atoms with Gasteiger partial charge in [0.2, 0.25) is 5.91 Å². The van der Waals surface area contributed by atoms with E-state index >= 15 is 0 Å². The Bertz CT molecular complexity index is 484. The molecule has 6 nitrogen and oxygen atoms in total.